The molecule has 0 bridgehead atoms. The van der Waals surface area contributed by atoms with Gasteiger partial charge in [-0.3, -0.25) is 0 Å². The molecule has 0 spiro atoms. The summed E-state index contributed by atoms with van der Waals surface area (Å²) in [6.45, 7) is 7.07. The molecule has 0 amide bonds. The molecule has 0 radical (unpaired) electrons. The molecule has 20 heavy (non-hydrogen) atoms. The maximum absolute atomic E-state index is 9.62. The Hall–Kier alpha value is -0.810. The average molecular weight is 300 g/mol. The first-order valence-electron chi connectivity index (χ1n) is 6.83. The van der Waals surface area contributed by atoms with Crippen molar-refractivity contribution in [2.45, 2.75) is 38.6 Å². The molecule has 112 valence electrons. The molecule has 1 saturated heterocycles. The molecule has 1 aliphatic rings. The van der Waals surface area contributed by atoms with Crippen LogP contribution in [-0.4, -0.2) is 41.6 Å². The molecule has 0 aliphatic carbocycles. The summed E-state index contributed by atoms with van der Waals surface area (Å²) in [5.41, 5.74) is 1.39. The summed E-state index contributed by atoms with van der Waals surface area (Å²) in [6, 6.07) is 5.65. The van der Waals surface area contributed by atoms with Gasteiger partial charge in [-0.25, -0.2) is 0 Å². The molecule has 0 aromatic heterocycles. The molecule has 1 aliphatic heterocycles. The first-order chi connectivity index (χ1) is 9.32. The van der Waals surface area contributed by atoms with Gasteiger partial charge in [0.15, 0.2) is 0 Å². The summed E-state index contributed by atoms with van der Waals surface area (Å²) >= 11 is 6.22. The Kier molecular flexibility index (Phi) is 4.59. The van der Waals surface area contributed by atoms with E-state index in [0.29, 0.717) is 11.6 Å². The second kappa shape index (κ2) is 5.90. The fourth-order valence-electron chi connectivity index (χ4n) is 2.64. The highest BCUT2D eigenvalue weighted by molar-refractivity contribution is 6.31. The molecule has 2 N–H and O–H groups in total. The number of nitrogens with zero attached hydrogens (tertiary/aromatic N) is 1. The van der Waals surface area contributed by atoms with Gasteiger partial charge in [0.2, 0.25) is 0 Å². The zero-order valence-corrected chi connectivity index (χ0v) is 12.9. The SMILES string of the molecule is CC(O)c1ccc(N2CC(CO)OC(C)(C)C2)cc1Cl. The van der Waals surface area contributed by atoms with Crippen LogP contribution in [0.2, 0.25) is 5.02 Å². The van der Waals surface area contributed by atoms with Crippen molar-refractivity contribution in [3.63, 3.8) is 0 Å². The summed E-state index contributed by atoms with van der Waals surface area (Å²) in [5.74, 6) is 0. The second-order valence-electron chi connectivity index (χ2n) is 5.94. The van der Waals surface area contributed by atoms with E-state index in [1.54, 1.807) is 6.92 Å². The minimum Gasteiger partial charge on any atom is -0.394 e. The monoisotopic (exact) mass is 299 g/mol. The van der Waals surface area contributed by atoms with E-state index in [1.165, 1.54) is 0 Å². The quantitative estimate of drug-likeness (QED) is 0.900. The standard InChI is InChI=1S/C15H22ClNO3/c1-10(19)13-5-4-11(6-14(13)16)17-7-12(8-18)20-15(2,3)9-17/h4-6,10,12,18-19H,7-9H2,1-3H3. The Labute approximate surface area is 124 Å². The van der Waals surface area contributed by atoms with Crippen LogP contribution in [0.15, 0.2) is 18.2 Å². The third-order valence-electron chi connectivity index (χ3n) is 3.48. The minimum atomic E-state index is -0.581. The first-order valence-corrected chi connectivity index (χ1v) is 7.21. The largest absolute Gasteiger partial charge is 0.394 e. The Bertz CT molecular complexity index is 476. The van der Waals surface area contributed by atoms with Crippen molar-refractivity contribution < 1.29 is 14.9 Å². The van der Waals surface area contributed by atoms with Gasteiger partial charge in [-0.2, -0.15) is 0 Å². The molecule has 1 aromatic rings. The van der Waals surface area contributed by atoms with E-state index in [1.807, 2.05) is 32.0 Å². The average Bonchev–Trinajstić information content (AvgIpc) is 2.36. The Balaban J connectivity index is 2.24. The predicted molar refractivity (Wildman–Crippen MR) is 80.3 cm³/mol. The van der Waals surface area contributed by atoms with Gasteiger partial charge < -0.3 is 19.8 Å². The maximum Gasteiger partial charge on any atom is 0.0988 e. The van der Waals surface area contributed by atoms with E-state index >= 15 is 0 Å². The predicted octanol–water partition coefficient (Wildman–Crippen LogP) is 2.37. The second-order valence-corrected chi connectivity index (χ2v) is 6.35. The van der Waals surface area contributed by atoms with Crippen molar-refractivity contribution in [2.24, 2.45) is 0 Å². The van der Waals surface area contributed by atoms with E-state index in [2.05, 4.69) is 4.90 Å². The summed E-state index contributed by atoms with van der Waals surface area (Å²) in [4.78, 5) is 2.15. The summed E-state index contributed by atoms with van der Waals surface area (Å²) in [6.07, 6.45) is -0.781. The molecule has 2 rings (SSSR count). The van der Waals surface area contributed by atoms with Crippen LogP contribution in [0.4, 0.5) is 5.69 Å². The fraction of sp³-hybridized carbons (Fsp3) is 0.600. The van der Waals surface area contributed by atoms with E-state index in [4.69, 9.17) is 16.3 Å². The Morgan fingerprint density at radius 3 is 2.75 bits per heavy atom. The third-order valence-corrected chi connectivity index (χ3v) is 3.81. The number of hydrogen-bond donors (Lipinski definition) is 2. The van der Waals surface area contributed by atoms with Crippen LogP contribution in [-0.2, 0) is 4.74 Å². The Morgan fingerprint density at radius 2 is 2.20 bits per heavy atom. The molecular formula is C15H22ClNO3. The number of ether oxygens (including phenoxy) is 1. The van der Waals surface area contributed by atoms with Crippen LogP contribution in [0.1, 0.15) is 32.4 Å². The highest BCUT2D eigenvalue weighted by Crippen LogP contribution is 2.31. The number of anilines is 1. The number of rotatable bonds is 3. The first kappa shape index (κ1) is 15.6. The van der Waals surface area contributed by atoms with E-state index < -0.39 is 6.10 Å². The molecule has 1 fully saturated rings. The lowest BCUT2D eigenvalue weighted by atomic mass is 10.0. The molecule has 1 aromatic carbocycles. The molecule has 2 unspecified atom stereocenters. The molecule has 2 atom stereocenters. The van der Waals surface area contributed by atoms with Gasteiger partial charge in [-0.15, -0.1) is 0 Å². The lowest BCUT2D eigenvalue weighted by Crippen LogP contribution is -2.54. The smallest absolute Gasteiger partial charge is 0.0988 e. The number of aliphatic hydroxyl groups excluding tert-OH is 2. The highest BCUT2D eigenvalue weighted by atomic mass is 35.5. The van der Waals surface area contributed by atoms with E-state index in [9.17, 15) is 10.2 Å². The van der Waals surface area contributed by atoms with Crippen LogP contribution in [0.25, 0.3) is 0 Å². The van der Waals surface area contributed by atoms with Gasteiger partial charge in [0.1, 0.15) is 0 Å². The lowest BCUT2D eigenvalue weighted by molar-refractivity contribution is -0.101. The van der Waals surface area contributed by atoms with Crippen LogP contribution >= 0.6 is 11.6 Å². The van der Waals surface area contributed by atoms with Crippen LogP contribution in [0.3, 0.4) is 0 Å². The van der Waals surface area contributed by atoms with Gasteiger partial charge in [0, 0.05) is 23.8 Å². The number of aliphatic hydroxyl groups is 2. The third kappa shape index (κ3) is 3.44. The van der Waals surface area contributed by atoms with Crippen LogP contribution in [0.5, 0.6) is 0 Å². The van der Waals surface area contributed by atoms with Crippen molar-refractivity contribution >= 4 is 17.3 Å². The van der Waals surface area contributed by atoms with Crippen molar-refractivity contribution in [2.75, 3.05) is 24.6 Å². The van der Waals surface area contributed by atoms with Crippen molar-refractivity contribution in [3.8, 4) is 0 Å². The van der Waals surface area contributed by atoms with Crippen molar-refractivity contribution in [1.82, 2.24) is 0 Å². The van der Waals surface area contributed by atoms with Gasteiger partial charge in [0.05, 0.1) is 24.4 Å². The molecule has 5 heteroatoms. The number of morpholine rings is 1. The van der Waals surface area contributed by atoms with Crippen molar-refractivity contribution in [1.29, 1.82) is 0 Å². The van der Waals surface area contributed by atoms with Gasteiger partial charge in [0.25, 0.3) is 0 Å². The van der Waals surface area contributed by atoms with Gasteiger partial charge in [-0.05, 0) is 38.5 Å². The van der Waals surface area contributed by atoms with E-state index in [0.717, 1.165) is 17.8 Å². The zero-order chi connectivity index (χ0) is 14.9. The van der Waals surface area contributed by atoms with Crippen molar-refractivity contribution in [3.05, 3.63) is 28.8 Å². The number of benzene rings is 1. The van der Waals surface area contributed by atoms with E-state index in [-0.39, 0.29) is 18.3 Å². The van der Waals surface area contributed by atoms with Crippen LogP contribution < -0.4 is 4.90 Å². The molecular weight excluding hydrogens is 278 g/mol. The summed E-state index contributed by atoms with van der Waals surface area (Å²) in [5, 5.41) is 19.5. The molecule has 0 saturated carbocycles. The lowest BCUT2D eigenvalue weighted by Gasteiger charge is -2.43. The van der Waals surface area contributed by atoms with Gasteiger partial charge >= 0.3 is 0 Å². The number of halogens is 1. The highest BCUT2D eigenvalue weighted by Gasteiger charge is 2.33. The van der Waals surface area contributed by atoms with Gasteiger partial charge in [-0.1, -0.05) is 17.7 Å². The fourth-order valence-corrected chi connectivity index (χ4v) is 2.97. The Morgan fingerprint density at radius 1 is 1.50 bits per heavy atom. The zero-order valence-electron chi connectivity index (χ0n) is 12.1. The normalized spacial score (nSPS) is 23.7. The maximum atomic E-state index is 9.62. The molecule has 4 nitrogen and oxygen atoms in total. The summed E-state index contributed by atoms with van der Waals surface area (Å²) in [7, 11) is 0. The molecule has 1 heterocycles. The topological polar surface area (TPSA) is 52.9 Å². The number of hydrogen-bond acceptors (Lipinski definition) is 4. The summed E-state index contributed by atoms with van der Waals surface area (Å²) < 4.78 is 5.80. The van der Waals surface area contributed by atoms with Crippen LogP contribution in [0, 0.1) is 0 Å². The minimum absolute atomic E-state index is 0.000576.